The maximum absolute atomic E-state index is 12.3. The smallest absolute Gasteiger partial charge is 0.316 e. The second-order valence-corrected chi connectivity index (χ2v) is 8.68. The Labute approximate surface area is 174 Å². The lowest BCUT2D eigenvalue weighted by atomic mass is 9.93. The van der Waals surface area contributed by atoms with Gasteiger partial charge in [0.25, 0.3) is 0 Å². The van der Waals surface area contributed by atoms with Crippen molar-refractivity contribution in [2.45, 2.75) is 25.2 Å². The summed E-state index contributed by atoms with van der Waals surface area (Å²) in [6.45, 7) is 2.28. The van der Waals surface area contributed by atoms with Gasteiger partial charge in [0.15, 0.2) is 0 Å². The van der Waals surface area contributed by atoms with Crippen molar-refractivity contribution < 1.29 is 9.53 Å². The molecule has 0 bridgehead atoms. The molecule has 1 aliphatic rings. The number of nitrogens with one attached hydrogen (secondary N) is 1. The van der Waals surface area contributed by atoms with Crippen LogP contribution >= 0.6 is 22.9 Å². The number of benzene rings is 2. The maximum atomic E-state index is 12.3. The Kier molecular flexibility index (Phi) is 5.17. The third-order valence-corrected chi connectivity index (χ3v) is 6.62. The predicted molar refractivity (Wildman–Crippen MR) is 117 cm³/mol. The highest BCUT2D eigenvalue weighted by atomic mass is 35.5. The van der Waals surface area contributed by atoms with Crippen LogP contribution in [0.15, 0.2) is 54.6 Å². The zero-order chi connectivity index (χ0) is 19.7. The van der Waals surface area contributed by atoms with Gasteiger partial charge in [0.1, 0.15) is 0 Å². The Bertz CT molecular complexity index is 988. The Hall–Kier alpha value is -2.30. The van der Waals surface area contributed by atoms with E-state index >= 15 is 0 Å². The van der Waals surface area contributed by atoms with Gasteiger partial charge in [0.05, 0.1) is 26.9 Å². The molecule has 1 aromatic heterocycles. The minimum atomic E-state index is -0.416. The first kappa shape index (κ1) is 19.0. The number of ether oxygens (including phenoxy) is 1. The van der Waals surface area contributed by atoms with Gasteiger partial charge in [0, 0.05) is 7.05 Å². The van der Waals surface area contributed by atoms with E-state index in [0.29, 0.717) is 6.61 Å². The van der Waals surface area contributed by atoms with E-state index in [9.17, 15) is 4.79 Å². The number of esters is 1. The molecule has 4 rings (SSSR count). The number of halogens is 1. The van der Waals surface area contributed by atoms with Crippen molar-refractivity contribution in [1.29, 1.82) is 0 Å². The van der Waals surface area contributed by atoms with Crippen LogP contribution in [0.3, 0.4) is 0 Å². The Morgan fingerprint density at radius 1 is 1.07 bits per heavy atom. The molecule has 0 saturated heterocycles. The Balaban J connectivity index is 1.56. The minimum absolute atomic E-state index is 0.0953. The molecule has 1 fully saturated rings. The molecule has 5 heteroatoms. The first-order valence-electron chi connectivity index (χ1n) is 9.43. The highest BCUT2D eigenvalue weighted by Crippen LogP contribution is 2.49. The maximum Gasteiger partial charge on any atom is 0.316 e. The summed E-state index contributed by atoms with van der Waals surface area (Å²) in [5.74, 6) is -0.0953. The lowest BCUT2D eigenvalue weighted by Crippen LogP contribution is -2.23. The van der Waals surface area contributed by atoms with Crippen LogP contribution in [0.4, 0.5) is 5.69 Å². The van der Waals surface area contributed by atoms with Gasteiger partial charge in [-0.2, -0.15) is 0 Å². The molecule has 144 valence electrons. The van der Waals surface area contributed by atoms with Gasteiger partial charge >= 0.3 is 5.97 Å². The van der Waals surface area contributed by atoms with Crippen LogP contribution in [-0.2, 0) is 14.9 Å². The topological polar surface area (TPSA) is 38.3 Å². The zero-order valence-corrected chi connectivity index (χ0v) is 17.5. The quantitative estimate of drug-likeness (QED) is 0.479. The van der Waals surface area contributed by atoms with Crippen molar-refractivity contribution in [3.63, 3.8) is 0 Å². The fourth-order valence-corrected chi connectivity index (χ4v) is 4.80. The molecular weight excluding hydrogens is 390 g/mol. The number of thiophene rings is 1. The number of rotatable bonds is 6. The highest BCUT2D eigenvalue weighted by Gasteiger charge is 2.52. The van der Waals surface area contributed by atoms with Crippen LogP contribution in [0.25, 0.3) is 21.6 Å². The SMILES string of the molecule is CCOC(=O)C1(c2ccc(-c3ccc(-c4sc(Cl)cc4NC)cc3)cc2)CC1. The molecule has 3 nitrogen and oxygen atoms in total. The van der Waals surface area contributed by atoms with E-state index in [1.165, 1.54) is 0 Å². The van der Waals surface area contributed by atoms with E-state index in [1.54, 1.807) is 11.3 Å². The summed E-state index contributed by atoms with van der Waals surface area (Å²) >= 11 is 7.74. The lowest BCUT2D eigenvalue weighted by Gasteiger charge is -2.14. The third-order valence-electron chi connectivity index (χ3n) is 5.31. The van der Waals surface area contributed by atoms with Gasteiger partial charge in [-0.05, 0) is 48.1 Å². The van der Waals surface area contributed by atoms with E-state index in [0.717, 1.165) is 50.0 Å². The highest BCUT2D eigenvalue weighted by molar-refractivity contribution is 7.20. The summed E-state index contributed by atoms with van der Waals surface area (Å²) in [4.78, 5) is 13.4. The average Bonchev–Trinajstić information content (AvgIpc) is 3.45. The van der Waals surface area contributed by atoms with E-state index in [4.69, 9.17) is 16.3 Å². The molecule has 0 unspecified atom stereocenters. The largest absolute Gasteiger partial charge is 0.465 e. The van der Waals surface area contributed by atoms with Gasteiger partial charge in [-0.1, -0.05) is 60.1 Å². The molecule has 2 aromatic carbocycles. The second-order valence-electron chi connectivity index (χ2n) is 7.00. The van der Waals surface area contributed by atoms with Crippen molar-refractivity contribution in [3.05, 3.63) is 64.5 Å². The zero-order valence-electron chi connectivity index (χ0n) is 15.9. The molecule has 0 spiro atoms. The number of carbonyl (C=O) groups excluding carboxylic acids is 1. The van der Waals surface area contributed by atoms with Gasteiger partial charge in [0.2, 0.25) is 0 Å². The lowest BCUT2D eigenvalue weighted by molar-refractivity contribution is -0.146. The van der Waals surface area contributed by atoms with Crippen molar-refractivity contribution in [3.8, 4) is 21.6 Å². The molecule has 1 N–H and O–H groups in total. The standard InChI is InChI=1S/C23H22ClNO2S/c1-3-27-22(26)23(12-13-23)18-10-8-16(9-11-18)15-4-6-17(7-5-15)21-19(25-2)14-20(24)28-21/h4-11,14,25H,3,12-13H2,1-2H3. The predicted octanol–water partition coefficient (Wildman–Crippen LogP) is 6.37. The third kappa shape index (κ3) is 3.43. The molecule has 28 heavy (non-hydrogen) atoms. The minimum Gasteiger partial charge on any atom is -0.465 e. The molecule has 0 aliphatic heterocycles. The van der Waals surface area contributed by atoms with E-state index < -0.39 is 5.41 Å². The number of hydrogen-bond donors (Lipinski definition) is 1. The average molecular weight is 412 g/mol. The second kappa shape index (κ2) is 7.61. The van der Waals surface area contributed by atoms with Crippen LogP contribution in [-0.4, -0.2) is 19.6 Å². The van der Waals surface area contributed by atoms with Crippen LogP contribution in [0.1, 0.15) is 25.3 Å². The number of anilines is 1. The van der Waals surface area contributed by atoms with E-state index in [2.05, 4.69) is 53.8 Å². The first-order chi connectivity index (χ1) is 13.6. The van der Waals surface area contributed by atoms with Crippen LogP contribution in [0, 0.1) is 0 Å². The Morgan fingerprint density at radius 3 is 2.18 bits per heavy atom. The number of hydrogen-bond acceptors (Lipinski definition) is 4. The normalized spacial score (nSPS) is 14.5. The van der Waals surface area contributed by atoms with Gasteiger partial charge < -0.3 is 10.1 Å². The summed E-state index contributed by atoms with van der Waals surface area (Å²) in [6.07, 6.45) is 1.74. The molecule has 0 atom stereocenters. The van der Waals surface area contributed by atoms with Crippen molar-refractivity contribution in [1.82, 2.24) is 0 Å². The van der Waals surface area contributed by atoms with Crippen LogP contribution in [0.2, 0.25) is 4.34 Å². The van der Waals surface area contributed by atoms with Crippen molar-refractivity contribution in [2.24, 2.45) is 0 Å². The van der Waals surface area contributed by atoms with E-state index in [1.807, 2.05) is 20.0 Å². The van der Waals surface area contributed by atoms with Crippen LogP contribution < -0.4 is 5.32 Å². The summed E-state index contributed by atoms with van der Waals surface area (Å²) < 4.78 is 6.03. The van der Waals surface area contributed by atoms with Gasteiger partial charge in [-0.3, -0.25) is 4.79 Å². The Morgan fingerprint density at radius 2 is 1.64 bits per heavy atom. The molecule has 0 amide bonds. The summed E-state index contributed by atoms with van der Waals surface area (Å²) in [6, 6.07) is 18.7. The van der Waals surface area contributed by atoms with E-state index in [-0.39, 0.29) is 5.97 Å². The fraction of sp³-hybridized carbons (Fsp3) is 0.261. The molecule has 1 saturated carbocycles. The van der Waals surface area contributed by atoms with Crippen molar-refractivity contribution >= 4 is 34.6 Å². The molecule has 0 radical (unpaired) electrons. The van der Waals surface area contributed by atoms with Gasteiger partial charge in [-0.25, -0.2) is 0 Å². The summed E-state index contributed by atoms with van der Waals surface area (Å²) in [5, 5.41) is 3.19. The summed E-state index contributed by atoms with van der Waals surface area (Å²) in [5.41, 5.74) is 5.10. The van der Waals surface area contributed by atoms with Crippen molar-refractivity contribution in [2.75, 3.05) is 19.0 Å². The molecule has 1 heterocycles. The molecular formula is C23H22ClNO2S. The monoisotopic (exact) mass is 411 g/mol. The first-order valence-corrected chi connectivity index (χ1v) is 10.6. The number of carbonyl (C=O) groups is 1. The fourth-order valence-electron chi connectivity index (χ4n) is 3.56. The van der Waals surface area contributed by atoms with Crippen LogP contribution in [0.5, 0.6) is 0 Å². The summed E-state index contributed by atoms with van der Waals surface area (Å²) in [7, 11) is 1.90. The van der Waals surface area contributed by atoms with Gasteiger partial charge in [-0.15, -0.1) is 11.3 Å². The molecule has 3 aromatic rings. The molecule has 1 aliphatic carbocycles.